The van der Waals surface area contributed by atoms with E-state index in [9.17, 15) is 0 Å². The van der Waals surface area contributed by atoms with Gasteiger partial charge in [0.05, 0.1) is 17.3 Å². The first-order chi connectivity index (χ1) is 6.77. The minimum absolute atomic E-state index is 0.464. The smallest absolute Gasteiger partial charge is 0.0804 e. The Morgan fingerprint density at radius 3 is 2.79 bits per heavy atom. The van der Waals surface area contributed by atoms with E-state index in [1.807, 2.05) is 17.7 Å². The van der Waals surface area contributed by atoms with Gasteiger partial charge >= 0.3 is 0 Å². The Hall–Kier alpha value is -0.480. The fraction of sp³-hybridized carbons (Fsp3) is 0.300. The molecule has 1 atom stereocenters. The SMILES string of the molecule is CC1CSC=NN1c1ccc(Br)cc1. The molecule has 0 radical (unpaired) electrons. The van der Waals surface area contributed by atoms with Crippen LogP contribution >= 0.6 is 27.7 Å². The van der Waals surface area contributed by atoms with Gasteiger partial charge in [-0.25, -0.2) is 0 Å². The Labute approximate surface area is 96.5 Å². The second-order valence-corrected chi connectivity index (χ2v) is 5.02. The molecule has 2 nitrogen and oxygen atoms in total. The molecule has 14 heavy (non-hydrogen) atoms. The second kappa shape index (κ2) is 4.36. The average molecular weight is 271 g/mol. The molecule has 0 amide bonds. The van der Waals surface area contributed by atoms with Crippen LogP contribution in [-0.4, -0.2) is 17.3 Å². The molecule has 4 heteroatoms. The topological polar surface area (TPSA) is 15.6 Å². The fourth-order valence-corrected chi connectivity index (χ4v) is 2.30. The van der Waals surface area contributed by atoms with E-state index in [1.165, 1.54) is 0 Å². The van der Waals surface area contributed by atoms with Gasteiger partial charge in [-0.3, -0.25) is 5.01 Å². The molecule has 74 valence electrons. The highest BCUT2D eigenvalue weighted by molar-refractivity contribution is 9.10. The highest BCUT2D eigenvalue weighted by Gasteiger charge is 2.16. The second-order valence-electron chi connectivity index (χ2n) is 3.22. The number of halogens is 1. The van der Waals surface area contributed by atoms with Crippen molar-refractivity contribution in [3.63, 3.8) is 0 Å². The molecule has 1 heterocycles. The van der Waals surface area contributed by atoms with E-state index in [0.717, 1.165) is 15.9 Å². The van der Waals surface area contributed by atoms with E-state index in [-0.39, 0.29) is 0 Å². The fourth-order valence-electron chi connectivity index (χ4n) is 1.37. The van der Waals surface area contributed by atoms with Gasteiger partial charge in [-0.1, -0.05) is 15.9 Å². The highest BCUT2D eigenvalue weighted by Crippen LogP contribution is 2.24. The van der Waals surface area contributed by atoms with Crippen LogP contribution in [0.1, 0.15) is 6.92 Å². The van der Waals surface area contributed by atoms with Gasteiger partial charge in [-0.05, 0) is 31.2 Å². The zero-order valence-corrected chi connectivity index (χ0v) is 10.3. The van der Waals surface area contributed by atoms with E-state index >= 15 is 0 Å². The van der Waals surface area contributed by atoms with Crippen LogP contribution in [0.15, 0.2) is 33.8 Å². The first-order valence-corrected chi connectivity index (χ1v) is 6.30. The van der Waals surface area contributed by atoms with Crippen molar-refractivity contribution in [3.05, 3.63) is 28.7 Å². The van der Waals surface area contributed by atoms with Gasteiger partial charge in [0.2, 0.25) is 0 Å². The maximum Gasteiger partial charge on any atom is 0.0804 e. The number of hydrogen-bond donors (Lipinski definition) is 0. The molecule has 1 aliphatic heterocycles. The van der Waals surface area contributed by atoms with Crippen molar-refractivity contribution in [1.82, 2.24) is 0 Å². The first-order valence-electron chi connectivity index (χ1n) is 4.46. The van der Waals surface area contributed by atoms with Gasteiger partial charge in [0.25, 0.3) is 0 Å². The quantitative estimate of drug-likeness (QED) is 0.778. The number of benzene rings is 1. The maximum absolute atomic E-state index is 4.37. The molecule has 0 N–H and O–H groups in total. The lowest BCUT2D eigenvalue weighted by molar-refractivity contribution is 0.721. The predicted octanol–water partition coefficient (Wildman–Crippen LogP) is 3.33. The molecule has 1 aliphatic rings. The Morgan fingerprint density at radius 1 is 1.43 bits per heavy atom. The van der Waals surface area contributed by atoms with Crippen LogP contribution in [0.4, 0.5) is 5.69 Å². The van der Waals surface area contributed by atoms with E-state index in [0.29, 0.717) is 6.04 Å². The van der Waals surface area contributed by atoms with Crippen LogP contribution in [0.3, 0.4) is 0 Å². The van der Waals surface area contributed by atoms with Gasteiger partial charge in [0, 0.05) is 10.2 Å². The molecule has 0 fully saturated rings. The lowest BCUT2D eigenvalue weighted by atomic mass is 10.2. The van der Waals surface area contributed by atoms with Crippen molar-refractivity contribution in [1.29, 1.82) is 0 Å². The monoisotopic (exact) mass is 270 g/mol. The molecule has 2 rings (SSSR count). The maximum atomic E-state index is 4.37. The molecule has 0 aromatic heterocycles. The Morgan fingerprint density at radius 2 is 2.14 bits per heavy atom. The summed E-state index contributed by atoms with van der Waals surface area (Å²) in [5, 5.41) is 6.42. The number of hydrogen-bond acceptors (Lipinski definition) is 3. The van der Waals surface area contributed by atoms with Crippen molar-refractivity contribution in [2.45, 2.75) is 13.0 Å². The molecular formula is C10H11BrN2S. The summed E-state index contributed by atoms with van der Waals surface area (Å²) in [5.41, 5.74) is 3.06. The molecule has 0 saturated heterocycles. The zero-order valence-electron chi connectivity index (χ0n) is 7.85. The van der Waals surface area contributed by atoms with Gasteiger partial charge in [0.15, 0.2) is 0 Å². The first kappa shape index (κ1) is 10.1. The van der Waals surface area contributed by atoms with Gasteiger partial charge in [-0.2, -0.15) is 5.10 Å². The van der Waals surface area contributed by atoms with Crippen molar-refractivity contribution in [2.24, 2.45) is 5.10 Å². The third-order valence-corrected chi connectivity index (χ3v) is 3.54. The minimum atomic E-state index is 0.464. The Kier molecular flexibility index (Phi) is 3.13. The highest BCUT2D eigenvalue weighted by atomic mass is 79.9. The summed E-state index contributed by atoms with van der Waals surface area (Å²) in [4.78, 5) is 0. The van der Waals surface area contributed by atoms with E-state index in [2.05, 4.69) is 45.1 Å². The largest absolute Gasteiger partial charge is 0.261 e. The molecule has 1 aromatic rings. The summed E-state index contributed by atoms with van der Waals surface area (Å²) >= 11 is 5.19. The predicted molar refractivity (Wildman–Crippen MR) is 67.0 cm³/mol. The minimum Gasteiger partial charge on any atom is -0.261 e. The van der Waals surface area contributed by atoms with Gasteiger partial charge < -0.3 is 0 Å². The van der Waals surface area contributed by atoms with Crippen LogP contribution in [-0.2, 0) is 0 Å². The third kappa shape index (κ3) is 2.12. The van der Waals surface area contributed by atoms with Crippen molar-refractivity contribution in [2.75, 3.05) is 10.8 Å². The Balaban J connectivity index is 2.25. The summed E-state index contributed by atoms with van der Waals surface area (Å²) in [7, 11) is 0. The molecule has 0 spiro atoms. The molecule has 1 aromatic carbocycles. The molecule has 1 unspecified atom stereocenters. The molecule has 0 saturated carbocycles. The number of thioether (sulfide) groups is 1. The van der Waals surface area contributed by atoms with Crippen LogP contribution in [0, 0.1) is 0 Å². The third-order valence-electron chi connectivity index (χ3n) is 2.09. The van der Waals surface area contributed by atoms with E-state index in [4.69, 9.17) is 0 Å². The summed E-state index contributed by atoms with van der Waals surface area (Å²) in [6.45, 7) is 2.19. The zero-order chi connectivity index (χ0) is 9.97. The number of rotatable bonds is 1. The summed E-state index contributed by atoms with van der Waals surface area (Å²) < 4.78 is 1.10. The normalized spacial score (nSPS) is 21.3. The molecular weight excluding hydrogens is 260 g/mol. The standard InChI is InChI=1S/C10H11BrN2S/c1-8-6-14-7-12-13(8)10-4-2-9(11)3-5-10/h2-5,7-8H,6H2,1H3. The summed E-state index contributed by atoms with van der Waals surface area (Å²) in [6, 6.07) is 8.70. The van der Waals surface area contributed by atoms with Crippen LogP contribution in [0.2, 0.25) is 0 Å². The van der Waals surface area contributed by atoms with Crippen molar-refractivity contribution in [3.8, 4) is 0 Å². The molecule has 0 aliphatic carbocycles. The van der Waals surface area contributed by atoms with E-state index in [1.54, 1.807) is 11.8 Å². The lowest BCUT2D eigenvalue weighted by Gasteiger charge is -2.28. The van der Waals surface area contributed by atoms with Crippen molar-refractivity contribution >= 4 is 38.9 Å². The van der Waals surface area contributed by atoms with Gasteiger partial charge in [0.1, 0.15) is 0 Å². The van der Waals surface area contributed by atoms with Crippen LogP contribution in [0.5, 0.6) is 0 Å². The number of anilines is 1. The lowest BCUT2D eigenvalue weighted by Crippen LogP contribution is -2.32. The number of nitrogens with zero attached hydrogens (tertiary/aromatic N) is 2. The van der Waals surface area contributed by atoms with Crippen LogP contribution < -0.4 is 5.01 Å². The van der Waals surface area contributed by atoms with E-state index < -0.39 is 0 Å². The summed E-state index contributed by atoms with van der Waals surface area (Å²) in [6.07, 6.45) is 0. The van der Waals surface area contributed by atoms with Crippen LogP contribution in [0.25, 0.3) is 0 Å². The van der Waals surface area contributed by atoms with Gasteiger partial charge in [-0.15, -0.1) is 11.8 Å². The number of hydrazone groups is 1. The van der Waals surface area contributed by atoms with Crippen molar-refractivity contribution < 1.29 is 0 Å². The Bertz CT molecular complexity index is 336. The molecule has 0 bridgehead atoms. The average Bonchev–Trinajstić information content (AvgIpc) is 2.20. The summed E-state index contributed by atoms with van der Waals surface area (Å²) in [5.74, 6) is 1.10.